The number of nitrogens with zero attached hydrogens (tertiary/aromatic N) is 2. The van der Waals surface area contributed by atoms with Crippen LogP contribution in [0.4, 0.5) is 10.1 Å². The molecule has 0 heterocycles. The Kier molecular flexibility index (Phi) is 11.3. The number of rotatable bonds is 12. The molecule has 1 fully saturated rings. The first-order valence-corrected chi connectivity index (χ1v) is 17.6. The van der Waals surface area contributed by atoms with Crippen LogP contribution in [0.15, 0.2) is 108 Å². The van der Waals surface area contributed by atoms with Crippen LogP contribution < -0.4 is 9.62 Å². The standard InChI is InChI=1S/C37H39ClFN3O4S/c1-27-9-8-14-33(23-27)42(47(45,46)34-21-17-30(38)18-22-34)26-36(43)41(25-29-15-19-31(39)20-16-29)35(24-28-10-4-2-5-11-28)37(44)40-32-12-6-3-7-13-32/h2,4-5,8-11,14-23,32,35H,3,6-7,12-13,24-26H2,1H3,(H,40,44)/t35-/m1/s1. The van der Waals surface area contributed by atoms with Crippen molar-refractivity contribution in [3.05, 3.63) is 131 Å². The van der Waals surface area contributed by atoms with Crippen LogP contribution in [0.1, 0.15) is 48.8 Å². The summed E-state index contributed by atoms with van der Waals surface area (Å²) < 4.78 is 43.3. The van der Waals surface area contributed by atoms with Gasteiger partial charge in [0.1, 0.15) is 18.4 Å². The molecule has 2 amide bonds. The average Bonchev–Trinajstić information content (AvgIpc) is 3.07. The number of hydrogen-bond acceptors (Lipinski definition) is 4. The minimum absolute atomic E-state index is 0.00799. The Labute approximate surface area is 281 Å². The molecule has 47 heavy (non-hydrogen) atoms. The van der Waals surface area contributed by atoms with Gasteiger partial charge in [0.2, 0.25) is 11.8 Å². The van der Waals surface area contributed by atoms with Gasteiger partial charge in [0.05, 0.1) is 10.6 Å². The van der Waals surface area contributed by atoms with Gasteiger partial charge in [0, 0.05) is 24.0 Å². The van der Waals surface area contributed by atoms with Gasteiger partial charge in [-0.2, -0.15) is 0 Å². The van der Waals surface area contributed by atoms with E-state index in [0.29, 0.717) is 16.3 Å². The molecule has 1 saturated carbocycles. The number of aryl methyl sites for hydroxylation is 1. The van der Waals surface area contributed by atoms with E-state index in [1.54, 1.807) is 30.3 Å². The smallest absolute Gasteiger partial charge is 0.264 e. The molecule has 0 bridgehead atoms. The third kappa shape index (κ3) is 8.99. The largest absolute Gasteiger partial charge is 0.352 e. The van der Waals surface area contributed by atoms with Gasteiger partial charge in [-0.25, -0.2) is 12.8 Å². The van der Waals surface area contributed by atoms with Crippen molar-refractivity contribution in [1.29, 1.82) is 0 Å². The fraction of sp³-hybridized carbons (Fsp3) is 0.297. The first-order chi connectivity index (χ1) is 22.6. The lowest BCUT2D eigenvalue weighted by Crippen LogP contribution is -2.55. The summed E-state index contributed by atoms with van der Waals surface area (Å²) in [5.41, 5.74) is 2.56. The molecule has 7 nitrogen and oxygen atoms in total. The van der Waals surface area contributed by atoms with Crippen molar-refractivity contribution in [3.8, 4) is 0 Å². The van der Waals surface area contributed by atoms with Crippen molar-refractivity contribution < 1.29 is 22.4 Å². The summed E-state index contributed by atoms with van der Waals surface area (Å²) in [5.74, 6) is -1.31. The van der Waals surface area contributed by atoms with Gasteiger partial charge in [0.15, 0.2) is 0 Å². The highest BCUT2D eigenvalue weighted by Gasteiger charge is 2.35. The van der Waals surface area contributed by atoms with Gasteiger partial charge < -0.3 is 10.2 Å². The summed E-state index contributed by atoms with van der Waals surface area (Å²) in [6.07, 6.45) is 5.07. The number of anilines is 1. The van der Waals surface area contributed by atoms with Gasteiger partial charge in [-0.05, 0) is 85.0 Å². The van der Waals surface area contributed by atoms with Crippen molar-refractivity contribution >= 4 is 39.1 Å². The SMILES string of the molecule is Cc1cccc(N(CC(=O)N(Cc2ccc(F)cc2)[C@H](Cc2ccccc2)C(=O)NC2CCCCC2)S(=O)(=O)c2ccc(Cl)cc2)c1. The number of carbonyl (C=O) groups excluding carboxylic acids is 2. The maximum atomic E-state index is 14.6. The lowest BCUT2D eigenvalue weighted by atomic mass is 9.94. The third-order valence-electron chi connectivity index (χ3n) is 8.46. The highest BCUT2D eigenvalue weighted by molar-refractivity contribution is 7.92. The average molecular weight is 676 g/mol. The predicted octanol–water partition coefficient (Wildman–Crippen LogP) is 7.07. The van der Waals surface area contributed by atoms with E-state index in [1.165, 1.54) is 41.3 Å². The molecular formula is C37H39ClFN3O4S. The van der Waals surface area contributed by atoms with Gasteiger partial charge in [-0.3, -0.25) is 13.9 Å². The number of hydrogen-bond donors (Lipinski definition) is 1. The number of sulfonamides is 1. The molecular weight excluding hydrogens is 637 g/mol. The van der Waals surface area contributed by atoms with Gasteiger partial charge >= 0.3 is 0 Å². The molecule has 4 aromatic carbocycles. The summed E-state index contributed by atoms with van der Waals surface area (Å²) >= 11 is 6.06. The van der Waals surface area contributed by atoms with E-state index in [1.807, 2.05) is 43.3 Å². The normalized spacial score (nSPS) is 14.3. The molecule has 0 saturated heterocycles. The lowest BCUT2D eigenvalue weighted by molar-refractivity contribution is -0.140. The second-order valence-corrected chi connectivity index (χ2v) is 14.3. The molecule has 1 aliphatic carbocycles. The Bertz CT molecular complexity index is 1760. The van der Waals surface area contributed by atoms with Crippen LogP contribution in [0.2, 0.25) is 5.02 Å². The highest BCUT2D eigenvalue weighted by Crippen LogP contribution is 2.27. The second-order valence-electron chi connectivity index (χ2n) is 12.0. The van der Waals surface area contributed by atoms with E-state index in [2.05, 4.69) is 5.32 Å². The summed E-state index contributed by atoms with van der Waals surface area (Å²) in [7, 11) is -4.25. The third-order valence-corrected chi connectivity index (χ3v) is 10.5. The van der Waals surface area contributed by atoms with Crippen molar-refractivity contribution in [2.24, 2.45) is 0 Å². The Morgan fingerprint density at radius 2 is 1.55 bits per heavy atom. The molecule has 5 rings (SSSR count). The zero-order chi connectivity index (χ0) is 33.4. The molecule has 0 aliphatic heterocycles. The predicted molar refractivity (Wildman–Crippen MR) is 183 cm³/mol. The number of benzene rings is 4. The first kappa shape index (κ1) is 34.1. The molecule has 10 heteroatoms. The van der Waals surface area contributed by atoms with Crippen LogP contribution in [0.25, 0.3) is 0 Å². The van der Waals surface area contributed by atoms with E-state index in [-0.39, 0.29) is 29.8 Å². The molecule has 246 valence electrons. The Balaban J connectivity index is 1.56. The topological polar surface area (TPSA) is 86.8 Å². The number of nitrogens with one attached hydrogen (secondary N) is 1. The van der Waals surface area contributed by atoms with Crippen LogP contribution >= 0.6 is 11.6 Å². The fourth-order valence-electron chi connectivity index (χ4n) is 5.93. The molecule has 0 unspecified atom stereocenters. The molecule has 0 spiro atoms. The Hall–Kier alpha value is -4.21. The minimum atomic E-state index is -4.25. The number of amides is 2. The van der Waals surface area contributed by atoms with Crippen LogP contribution in [-0.2, 0) is 32.6 Å². The van der Waals surface area contributed by atoms with Crippen molar-refractivity contribution in [2.45, 2.75) is 69.0 Å². The van der Waals surface area contributed by atoms with E-state index >= 15 is 0 Å². The van der Waals surface area contributed by atoms with Gasteiger partial charge in [-0.15, -0.1) is 0 Å². The molecule has 0 radical (unpaired) electrons. The summed E-state index contributed by atoms with van der Waals surface area (Å²) in [5, 5.41) is 3.56. The summed E-state index contributed by atoms with van der Waals surface area (Å²) in [6, 6.07) is 26.8. The lowest BCUT2D eigenvalue weighted by Gasteiger charge is -2.35. The number of halogens is 2. The monoisotopic (exact) mass is 675 g/mol. The van der Waals surface area contributed by atoms with Crippen molar-refractivity contribution in [2.75, 3.05) is 10.8 Å². The van der Waals surface area contributed by atoms with Crippen LogP contribution in [0, 0.1) is 12.7 Å². The van der Waals surface area contributed by atoms with Crippen LogP contribution in [0.5, 0.6) is 0 Å². The highest BCUT2D eigenvalue weighted by atomic mass is 35.5. The summed E-state index contributed by atoms with van der Waals surface area (Å²) in [6.45, 7) is 1.24. The van der Waals surface area contributed by atoms with Crippen molar-refractivity contribution in [3.63, 3.8) is 0 Å². The quantitative estimate of drug-likeness (QED) is 0.174. The van der Waals surface area contributed by atoms with E-state index in [4.69, 9.17) is 11.6 Å². The van der Waals surface area contributed by atoms with Crippen molar-refractivity contribution in [1.82, 2.24) is 10.2 Å². The Morgan fingerprint density at radius 3 is 2.21 bits per heavy atom. The molecule has 4 aromatic rings. The van der Waals surface area contributed by atoms with Gasteiger partial charge in [0.25, 0.3) is 10.0 Å². The summed E-state index contributed by atoms with van der Waals surface area (Å²) in [4.78, 5) is 30.1. The molecule has 0 aromatic heterocycles. The van der Waals surface area contributed by atoms with E-state index < -0.39 is 34.3 Å². The van der Waals surface area contributed by atoms with Crippen LogP contribution in [0.3, 0.4) is 0 Å². The molecule has 1 aliphatic rings. The zero-order valence-electron chi connectivity index (χ0n) is 26.3. The minimum Gasteiger partial charge on any atom is -0.352 e. The Morgan fingerprint density at radius 1 is 0.872 bits per heavy atom. The van der Waals surface area contributed by atoms with Crippen LogP contribution in [-0.4, -0.2) is 43.8 Å². The number of carbonyl (C=O) groups is 2. The molecule has 1 N–H and O–H groups in total. The molecule has 1 atom stereocenters. The van der Waals surface area contributed by atoms with E-state index in [0.717, 1.165) is 47.5 Å². The zero-order valence-corrected chi connectivity index (χ0v) is 27.9. The second kappa shape index (κ2) is 15.6. The first-order valence-electron chi connectivity index (χ1n) is 15.8. The maximum absolute atomic E-state index is 14.6. The van der Waals surface area contributed by atoms with E-state index in [9.17, 15) is 22.4 Å². The fourth-order valence-corrected chi connectivity index (χ4v) is 7.46. The maximum Gasteiger partial charge on any atom is 0.264 e. The van der Waals surface area contributed by atoms with Gasteiger partial charge in [-0.1, -0.05) is 85.5 Å².